The van der Waals surface area contributed by atoms with E-state index in [0.29, 0.717) is 17.5 Å². The predicted molar refractivity (Wildman–Crippen MR) is 211 cm³/mol. The van der Waals surface area contributed by atoms with Gasteiger partial charge in [-0.3, -0.25) is 0 Å². The zero-order valence-corrected chi connectivity index (χ0v) is 27.6. The van der Waals surface area contributed by atoms with Gasteiger partial charge in [-0.2, -0.15) is 0 Å². The van der Waals surface area contributed by atoms with Crippen LogP contribution in [0.25, 0.3) is 94.3 Å². The highest BCUT2D eigenvalue weighted by atomic mass is 15.0. The number of benzene rings is 8. The van der Waals surface area contributed by atoms with E-state index < -0.39 is 0 Å². The van der Waals surface area contributed by atoms with Crippen LogP contribution in [0.5, 0.6) is 0 Å². The largest absolute Gasteiger partial charge is 0.309 e. The Hall–Kier alpha value is -6.91. The standard InChI is InChI=1S/C47H30N4/c1-3-11-31(12-4-1)35-19-20-37-30-38(22-21-36(37)29-35)47-49-45(33-14-5-2-6-15-33)48-46(50-47)34-23-26-39(27-24-34)51-42-18-10-9-17-41(42)44-40-16-8-7-13-32(40)25-28-43(44)51/h1-30H. The minimum absolute atomic E-state index is 0.637. The van der Waals surface area contributed by atoms with Crippen LogP contribution in [0, 0.1) is 0 Å². The molecule has 0 bridgehead atoms. The molecule has 2 heterocycles. The van der Waals surface area contributed by atoms with Crippen LogP contribution in [0.2, 0.25) is 0 Å². The minimum atomic E-state index is 0.637. The van der Waals surface area contributed by atoms with Crippen molar-refractivity contribution in [1.29, 1.82) is 0 Å². The molecule has 0 aliphatic heterocycles. The fraction of sp³-hybridized carbons (Fsp3) is 0. The van der Waals surface area contributed by atoms with E-state index in [1.165, 1.54) is 49.1 Å². The molecule has 0 aliphatic rings. The molecular formula is C47H30N4. The van der Waals surface area contributed by atoms with Crippen molar-refractivity contribution < 1.29 is 0 Å². The number of hydrogen-bond acceptors (Lipinski definition) is 3. The summed E-state index contributed by atoms with van der Waals surface area (Å²) in [5.41, 5.74) is 8.68. The third kappa shape index (κ3) is 5.04. The first kappa shape index (κ1) is 29.0. The average Bonchev–Trinajstić information content (AvgIpc) is 3.56. The van der Waals surface area contributed by atoms with Crippen LogP contribution in [0.4, 0.5) is 0 Å². The van der Waals surface area contributed by atoms with E-state index in [4.69, 9.17) is 15.0 Å². The summed E-state index contributed by atoms with van der Waals surface area (Å²) < 4.78 is 2.35. The van der Waals surface area contributed by atoms with Gasteiger partial charge in [0.1, 0.15) is 0 Å². The summed E-state index contributed by atoms with van der Waals surface area (Å²) >= 11 is 0. The van der Waals surface area contributed by atoms with Gasteiger partial charge in [0.05, 0.1) is 11.0 Å². The topological polar surface area (TPSA) is 43.6 Å². The first-order valence-electron chi connectivity index (χ1n) is 17.2. The molecule has 0 N–H and O–H groups in total. The summed E-state index contributed by atoms with van der Waals surface area (Å²) in [5.74, 6) is 1.93. The molecule has 0 amide bonds. The van der Waals surface area contributed by atoms with E-state index >= 15 is 0 Å². The first-order chi connectivity index (χ1) is 25.3. The normalized spacial score (nSPS) is 11.5. The summed E-state index contributed by atoms with van der Waals surface area (Å²) in [6.45, 7) is 0. The molecule has 0 saturated carbocycles. The molecule has 0 aliphatic carbocycles. The SMILES string of the molecule is c1ccc(-c2ccc3cc(-c4nc(-c5ccccc5)nc(-c5ccc(-n6c7ccccc7c7c8ccccc8ccc76)cc5)n4)ccc3c2)cc1. The number of fused-ring (bicyclic) bond motifs is 6. The zero-order chi connectivity index (χ0) is 33.7. The van der Waals surface area contributed by atoms with Crippen LogP contribution in [0.1, 0.15) is 0 Å². The van der Waals surface area contributed by atoms with Gasteiger partial charge in [0.2, 0.25) is 0 Å². The highest BCUT2D eigenvalue weighted by Gasteiger charge is 2.16. The van der Waals surface area contributed by atoms with Gasteiger partial charge >= 0.3 is 0 Å². The summed E-state index contributed by atoms with van der Waals surface area (Å²) in [4.78, 5) is 15.1. The van der Waals surface area contributed by atoms with Gasteiger partial charge in [0, 0.05) is 33.2 Å². The Morgan fingerprint density at radius 2 is 0.824 bits per heavy atom. The van der Waals surface area contributed by atoms with Gasteiger partial charge in [-0.1, -0.05) is 133 Å². The van der Waals surface area contributed by atoms with Crippen molar-refractivity contribution >= 4 is 43.4 Å². The van der Waals surface area contributed by atoms with Crippen molar-refractivity contribution in [2.45, 2.75) is 0 Å². The maximum absolute atomic E-state index is 5.07. The smallest absolute Gasteiger partial charge is 0.164 e. The van der Waals surface area contributed by atoms with E-state index in [2.05, 4.69) is 150 Å². The number of hydrogen-bond donors (Lipinski definition) is 0. The fourth-order valence-electron chi connectivity index (χ4n) is 7.32. The van der Waals surface area contributed by atoms with Gasteiger partial charge in [0.25, 0.3) is 0 Å². The van der Waals surface area contributed by atoms with Crippen LogP contribution >= 0.6 is 0 Å². The molecule has 0 fully saturated rings. The molecule has 8 aromatic carbocycles. The third-order valence-corrected chi connectivity index (χ3v) is 9.82. The predicted octanol–water partition coefficient (Wildman–Crippen LogP) is 11.9. The van der Waals surface area contributed by atoms with Gasteiger partial charge < -0.3 is 4.57 Å². The van der Waals surface area contributed by atoms with Gasteiger partial charge in [-0.05, 0) is 81.2 Å². The second-order valence-corrected chi connectivity index (χ2v) is 12.9. The molecular weight excluding hydrogens is 621 g/mol. The molecule has 10 aromatic rings. The highest BCUT2D eigenvalue weighted by Crippen LogP contribution is 2.37. The Morgan fingerprint density at radius 3 is 1.55 bits per heavy atom. The summed E-state index contributed by atoms with van der Waals surface area (Å²) in [6, 6.07) is 64.0. The Bertz CT molecular complexity index is 2890. The molecule has 51 heavy (non-hydrogen) atoms. The summed E-state index contributed by atoms with van der Waals surface area (Å²) in [7, 11) is 0. The summed E-state index contributed by atoms with van der Waals surface area (Å²) in [5, 5.41) is 7.33. The molecule has 238 valence electrons. The molecule has 2 aromatic heterocycles. The lowest BCUT2D eigenvalue weighted by molar-refractivity contribution is 1.07. The van der Waals surface area contributed by atoms with E-state index in [9.17, 15) is 0 Å². The number of nitrogens with zero attached hydrogens (tertiary/aromatic N) is 4. The molecule has 0 saturated heterocycles. The fourth-order valence-corrected chi connectivity index (χ4v) is 7.32. The Labute approximate surface area is 295 Å². The van der Waals surface area contributed by atoms with Gasteiger partial charge in [-0.25, -0.2) is 15.0 Å². The van der Waals surface area contributed by atoms with Crippen LogP contribution in [-0.4, -0.2) is 19.5 Å². The van der Waals surface area contributed by atoms with Crippen molar-refractivity contribution in [3.05, 3.63) is 182 Å². The van der Waals surface area contributed by atoms with Crippen LogP contribution < -0.4 is 0 Å². The Balaban J connectivity index is 1.08. The lowest BCUT2D eigenvalue weighted by Crippen LogP contribution is -2.00. The van der Waals surface area contributed by atoms with E-state index in [1.54, 1.807) is 0 Å². The minimum Gasteiger partial charge on any atom is -0.309 e. The Kier molecular flexibility index (Phi) is 6.78. The molecule has 4 heteroatoms. The third-order valence-electron chi connectivity index (χ3n) is 9.82. The molecule has 4 nitrogen and oxygen atoms in total. The molecule has 0 atom stereocenters. The number of aromatic nitrogens is 4. The van der Waals surface area contributed by atoms with Crippen molar-refractivity contribution in [3.63, 3.8) is 0 Å². The van der Waals surface area contributed by atoms with Crippen molar-refractivity contribution in [3.8, 4) is 51.0 Å². The van der Waals surface area contributed by atoms with Crippen molar-refractivity contribution in [2.24, 2.45) is 0 Å². The van der Waals surface area contributed by atoms with E-state index in [0.717, 1.165) is 27.8 Å². The maximum Gasteiger partial charge on any atom is 0.164 e. The van der Waals surface area contributed by atoms with Crippen molar-refractivity contribution in [1.82, 2.24) is 19.5 Å². The van der Waals surface area contributed by atoms with Gasteiger partial charge in [-0.15, -0.1) is 0 Å². The molecule has 0 spiro atoms. The quantitative estimate of drug-likeness (QED) is 0.186. The second-order valence-electron chi connectivity index (χ2n) is 12.9. The second kappa shape index (κ2) is 11.9. The number of para-hydroxylation sites is 1. The van der Waals surface area contributed by atoms with Crippen LogP contribution in [0.15, 0.2) is 182 Å². The summed E-state index contributed by atoms with van der Waals surface area (Å²) in [6.07, 6.45) is 0. The Morgan fingerprint density at radius 1 is 0.314 bits per heavy atom. The first-order valence-corrected chi connectivity index (χ1v) is 17.2. The average molecular weight is 651 g/mol. The van der Waals surface area contributed by atoms with Crippen molar-refractivity contribution in [2.75, 3.05) is 0 Å². The lowest BCUT2D eigenvalue weighted by atomic mass is 10.00. The lowest BCUT2D eigenvalue weighted by Gasteiger charge is -2.11. The van der Waals surface area contributed by atoms with Crippen LogP contribution in [0.3, 0.4) is 0 Å². The molecule has 10 rings (SSSR count). The van der Waals surface area contributed by atoms with Gasteiger partial charge in [0.15, 0.2) is 17.5 Å². The number of rotatable bonds is 5. The maximum atomic E-state index is 5.07. The van der Waals surface area contributed by atoms with E-state index in [-0.39, 0.29) is 0 Å². The monoisotopic (exact) mass is 650 g/mol. The van der Waals surface area contributed by atoms with Crippen LogP contribution in [-0.2, 0) is 0 Å². The van der Waals surface area contributed by atoms with E-state index in [1.807, 2.05) is 36.4 Å². The zero-order valence-electron chi connectivity index (χ0n) is 27.6. The molecule has 0 radical (unpaired) electrons. The highest BCUT2D eigenvalue weighted by molar-refractivity contribution is 6.21. The molecule has 0 unspecified atom stereocenters.